The lowest BCUT2D eigenvalue weighted by atomic mass is 9.86. The first-order chi connectivity index (χ1) is 9.99. The van der Waals surface area contributed by atoms with E-state index in [0.29, 0.717) is 18.6 Å². The molecule has 1 saturated heterocycles. The Morgan fingerprint density at radius 1 is 1.24 bits per heavy atom. The quantitative estimate of drug-likeness (QED) is 0.865. The molecule has 2 rings (SSSR count). The summed E-state index contributed by atoms with van der Waals surface area (Å²) < 4.78 is 0. The first-order valence-corrected chi connectivity index (χ1v) is 8.74. The van der Waals surface area contributed by atoms with Crippen molar-refractivity contribution in [3.05, 3.63) is 0 Å². The summed E-state index contributed by atoms with van der Waals surface area (Å²) in [4.78, 5) is 16.9. The number of amides is 1. The van der Waals surface area contributed by atoms with E-state index in [0.717, 1.165) is 18.9 Å². The summed E-state index contributed by atoms with van der Waals surface area (Å²) in [7, 11) is 1.99. The van der Waals surface area contributed by atoms with Gasteiger partial charge in [0, 0.05) is 25.2 Å². The minimum absolute atomic E-state index is 0.152. The normalized spacial score (nSPS) is 32.7. The first-order valence-electron chi connectivity index (χ1n) is 8.74. The zero-order valence-electron chi connectivity index (χ0n) is 14.1. The molecule has 122 valence electrons. The Morgan fingerprint density at radius 2 is 1.90 bits per heavy atom. The summed E-state index contributed by atoms with van der Waals surface area (Å²) in [6.45, 7) is 5.96. The van der Waals surface area contributed by atoms with Crippen molar-refractivity contribution >= 4 is 5.91 Å². The molecular weight excluding hydrogens is 262 g/mol. The minimum Gasteiger partial charge on any atom is -0.342 e. The Bertz CT molecular complexity index is 337. The van der Waals surface area contributed by atoms with E-state index in [2.05, 4.69) is 18.7 Å². The average molecular weight is 295 g/mol. The molecule has 21 heavy (non-hydrogen) atoms. The third-order valence-corrected chi connectivity index (χ3v) is 5.54. The summed E-state index contributed by atoms with van der Waals surface area (Å²) in [6.07, 6.45) is 8.42. The zero-order valence-corrected chi connectivity index (χ0v) is 14.1. The van der Waals surface area contributed by atoms with Crippen molar-refractivity contribution in [2.45, 2.75) is 76.9 Å². The van der Waals surface area contributed by atoms with Gasteiger partial charge in [-0.1, -0.05) is 13.3 Å². The number of nitrogens with two attached hydrogens (primary N) is 1. The smallest absolute Gasteiger partial charge is 0.236 e. The number of nitrogens with zero attached hydrogens (tertiary/aromatic N) is 2. The fourth-order valence-electron chi connectivity index (χ4n) is 3.93. The Morgan fingerprint density at radius 3 is 2.52 bits per heavy atom. The van der Waals surface area contributed by atoms with Crippen LogP contribution in [-0.4, -0.2) is 54.0 Å². The topological polar surface area (TPSA) is 49.6 Å². The van der Waals surface area contributed by atoms with Crippen LogP contribution in [0.25, 0.3) is 0 Å². The molecule has 0 aromatic carbocycles. The highest BCUT2D eigenvalue weighted by Gasteiger charge is 2.30. The summed E-state index contributed by atoms with van der Waals surface area (Å²) >= 11 is 0. The largest absolute Gasteiger partial charge is 0.342 e. The molecular formula is C17H33N3O. The molecule has 1 aliphatic heterocycles. The molecule has 0 bridgehead atoms. The number of likely N-dealkylation sites (tertiary alicyclic amines) is 1. The van der Waals surface area contributed by atoms with Gasteiger partial charge >= 0.3 is 0 Å². The molecule has 4 nitrogen and oxygen atoms in total. The van der Waals surface area contributed by atoms with Gasteiger partial charge in [0.2, 0.25) is 5.91 Å². The second-order valence-corrected chi connectivity index (χ2v) is 7.31. The van der Waals surface area contributed by atoms with Crippen LogP contribution in [0.5, 0.6) is 0 Å². The molecule has 1 heterocycles. The van der Waals surface area contributed by atoms with Crippen molar-refractivity contribution in [1.29, 1.82) is 0 Å². The fraction of sp³-hybridized carbons (Fsp3) is 0.941. The van der Waals surface area contributed by atoms with Gasteiger partial charge in [-0.15, -0.1) is 0 Å². The van der Waals surface area contributed by atoms with Crippen molar-refractivity contribution in [2.75, 3.05) is 20.1 Å². The number of hydrogen-bond acceptors (Lipinski definition) is 3. The van der Waals surface area contributed by atoms with Gasteiger partial charge in [0.1, 0.15) is 0 Å². The molecule has 2 atom stereocenters. The summed E-state index contributed by atoms with van der Waals surface area (Å²) in [5, 5.41) is 0. The third-order valence-electron chi connectivity index (χ3n) is 5.54. The zero-order chi connectivity index (χ0) is 15.4. The van der Waals surface area contributed by atoms with E-state index in [1.165, 1.54) is 38.5 Å². The fourth-order valence-corrected chi connectivity index (χ4v) is 3.93. The van der Waals surface area contributed by atoms with Crippen LogP contribution in [0.15, 0.2) is 0 Å². The van der Waals surface area contributed by atoms with E-state index in [9.17, 15) is 4.79 Å². The lowest BCUT2D eigenvalue weighted by Crippen LogP contribution is -2.53. The monoisotopic (exact) mass is 295 g/mol. The predicted octanol–water partition coefficient (Wildman–Crippen LogP) is 2.23. The number of carbonyl (C=O) groups excluding carboxylic acids is 1. The standard InChI is InChI=1S/C17H33N3O/c1-13-7-9-15(10-8-13)19(3)17(21)12-20-11-5-4-6-16(20)14(2)18/h13-16H,4-12,18H2,1-3H3. The van der Waals surface area contributed by atoms with Crippen LogP contribution in [0.1, 0.15) is 58.8 Å². The SMILES string of the molecule is CC1CCC(N(C)C(=O)CN2CCCCC2C(C)N)CC1. The molecule has 4 heteroatoms. The molecule has 2 fully saturated rings. The Hall–Kier alpha value is -0.610. The molecule has 0 spiro atoms. The summed E-state index contributed by atoms with van der Waals surface area (Å²) in [6, 6.07) is 0.980. The Labute approximate surface area is 130 Å². The van der Waals surface area contributed by atoms with Crippen molar-refractivity contribution in [3.8, 4) is 0 Å². The molecule has 1 aliphatic carbocycles. The van der Waals surface area contributed by atoms with E-state index in [1.54, 1.807) is 0 Å². The lowest BCUT2D eigenvalue weighted by molar-refractivity contribution is -0.135. The van der Waals surface area contributed by atoms with Crippen LogP contribution in [0.2, 0.25) is 0 Å². The molecule has 2 unspecified atom stereocenters. The van der Waals surface area contributed by atoms with Crippen molar-refractivity contribution < 1.29 is 4.79 Å². The Balaban J connectivity index is 1.87. The van der Waals surface area contributed by atoms with E-state index >= 15 is 0 Å². The number of hydrogen-bond donors (Lipinski definition) is 1. The molecule has 0 aromatic rings. The average Bonchev–Trinajstić information content (AvgIpc) is 2.47. The van der Waals surface area contributed by atoms with Gasteiger partial charge in [-0.3, -0.25) is 9.69 Å². The van der Waals surface area contributed by atoms with E-state index < -0.39 is 0 Å². The maximum Gasteiger partial charge on any atom is 0.236 e. The van der Waals surface area contributed by atoms with Crippen molar-refractivity contribution in [1.82, 2.24) is 9.80 Å². The number of piperidine rings is 1. The number of rotatable bonds is 4. The van der Waals surface area contributed by atoms with Crippen LogP contribution < -0.4 is 5.73 Å². The highest BCUT2D eigenvalue weighted by Crippen LogP contribution is 2.27. The van der Waals surface area contributed by atoms with Gasteiger partial charge in [-0.25, -0.2) is 0 Å². The van der Waals surface area contributed by atoms with Crippen molar-refractivity contribution in [3.63, 3.8) is 0 Å². The van der Waals surface area contributed by atoms with Gasteiger partial charge in [-0.05, 0) is 57.9 Å². The van der Waals surface area contributed by atoms with E-state index in [4.69, 9.17) is 5.73 Å². The van der Waals surface area contributed by atoms with Gasteiger partial charge < -0.3 is 10.6 Å². The molecule has 2 aliphatic rings. The van der Waals surface area contributed by atoms with Gasteiger partial charge in [0.05, 0.1) is 6.54 Å². The van der Waals surface area contributed by atoms with Crippen LogP contribution in [-0.2, 0) is 4.79 Å². The molecule has 0 aromatic heterocycles. The minimum atomic E-state index is 0.152. The number of likely N-dealkylation sites (N-methyl/N-ethyl adjacent to an activating group) is 1. The van der Waals surface area contributed by atoms with E-state index in [1.807, 2.05) is 11.9 Å². The van der Waals surface area contributed by atoms with Gasteiger partial charge in [-0.2, -0.15) is 0 Å². The Kier molecular flexibility index (Phi) is 6.06. The molecule has 0 radical (unpaired) electrons. The maximum absolute atomic E-state index is 12.6. The third kappa shape index (κ3) is 4.43. The van der Waals surface area contributed by atoms with Gasteiger partial charge in [0.25, 0.3) is 0 Å². The summed E-state index contributed by atoms with van der Waals surface area (Å²) in [5.74, 6) is 1.11. The van der Waals surface area contributed by atoms with E-state index in [-0.39, 0.29) is 11.9 Å². The van der Waals surface area contributed by atoms with Crippen LogP contribution in [0.3, 0.4) is 0 Å². The van der Waals surface area contributed by atoms with Crippen LogP contribution in [0.4, 0.5) is 0 Å². The highest BCUT2D eigenvalue weighted by molar-refractivity contribution is 5.78. The van der Waals surface area contributed by atoms with Crippen LogP contribution in [0, 0.1) is 5.92 Å². The molecule has 2 N–H and O–H groups in total. The highest BCUT2D eigenvalue weighted by atomic mass is 16.2. The van der Waals surface area contributed by atoms with Gasteiger partial charge in [0.15, 0.2) is 0 Å². The molecule has 1 saturated carbocycles. The lowest BCUT2D eigenvalue weighted by Gasteiger charge is -2.40. The first kappa shape index (κ1) is 16.8. The molecule has 1 amide bonds. The second kappa shape index (κ2) is 7.59. The van der Waals surface area contributed by atoms with Crippen molar-refractivity contribution in [2.24, 2.45) is 11.7 Å². The second-order valence-electron chi connectivity index (χ2n) is 7.31. The number of carbonyl (C=O) groups is 1. The predicted molar refractivity (Wildman–Crippen MR) is 87.1 cm³/mol. The van der Waals surface area contributed by atoms with Crippen LogP contribution >= 0.6 is 0 Å². The summed E-state index contributed by atoms with van der Waals surface area (Å²) in [5.41, 5.74) is 6.10. The maximum atomic E-state index is 12.6.